The number of aliphatic carboxylic acids is 2. The van der Waals surface area contributed by atoms with Gasteiger partial charge < -0.3 is 31.5 Å². The van der Waals surface area contributed by atoms with E-state index in [2.05, 4.69) is 23.3 Å². The highest BCUT2D eigenvalue weighted by Gasteiger charge is 2.38. The summed E-state index contributed by atoms with van der Waals surface area (Å²) in [6, 6.07) is -4.16. The zero-order valence-electron chi connectivity index (χ0n) is 17.0. The van der Waals surface area contributed by atoms with Gasteiger partial charge in [0.1, 0.15) is 18.1 Å². The lowest BCUT2D eigenvalue weighted by Gasteiger charge is -2.29. The number of nitrogens with zero attached hydrogens (tertiary/aromatic N) is 1. The zero-order valence-corrected chi connectivity index (χ0v) is 17.9. The molecule has 1 aliphatic rings. The van der Waals surface area contributed by atoms with E-state index in [-0.39, 0.29) is 24.0 Å². The van der Waals surface area contributed by atoms with Gasteiger partial charge >= 0.3 is 11.9 Å². The summed E-state index contributed by atoms with van der Waals surface area (Å²) in [7, 11) is 0. The third kappa shape index (κ3) is 7.17. The van der Waals surface area contributed by atoms with E-state index in [0.29, 0.717) is 19.4 Å². The largest absolute Gasteiger partial charge is 0.481 e. The van der Waals surface area contributed by atoms with Crippen LogP contribution in [0.2, 0.25) is 0 Å². The van der Waals surface area contributed by atoms with Crippen molar-refractivity contribution in [3.8, 4) is 0 Å². The third-order valence-corrected chi connectivity index (χ3v) is 5.28. The van der Waals surface area contributed by atoms with Crippen molar-refractivity contribution >= 4 is 42.3 Å². The van der Waals surface area contributed by atoms with Crippen molar-refractivity contribution in [1.29, 1.82) is 0 Å². The van der Waals surface area contributed by atoms with Crippen LogP contribution in [0.5, 0.6) is 0 Å². The fraction of sp³-hybridized carbons (Fsp3) is 0.722. The maximum atomic E-state index is 12.8. The summed E-state index contributed by atoms with van der Waals surface area (Å²) in [6.45, 7) is 3.94. The SMILES string of the molecule is CC(C)C(N)C(=O)N1CCCC1C(=O)NC(CCC(=O)O)C(=O)NC(CS)C(=O)O. The molecule has 0 spiro atoms. The van der Waals surface area contributed by atoms with Crippen LogP contribution in [0.15, 0.2) is 0 Å². The number of thiol groups is 1. The predicted molar refractivity (Wildman–Crippen MR) is 110 cm³/mol. The summed E-state index contributed by atoms with van der Waals surface area (Å²) >= 11 is 3.86. The highest BCUT2D eigenvalue weighted by molar-refractivity contribution is 7.80. The number of rotatable bonds is 11. The average Bonchev–Trinajstić information content (AvgIpc) is 3.17. The quantitative estimate of drug-likeness (QED) is 0.214. The molecule has 4 unspecified atom stereocenters. The zero-order chi connectivity index (χ0) is 23.0. The van der Waals surface area contributed by atoms with Crippen molar-refractivity contribution in [2.75, 3.05) is 12.3 Å². The standard InChI is InChI=1S/C18H30N4O7S/c1-9(2)14(19)17(27)22-7-3-4-12(22)16(26)20-10(5-6-13(23)24)15(25)21-11(8-30)18(28)29/h9-12,14,30H,3-8,19H2,1-2H3,(H,20,26)(H,21,25)(H,23,24)(H,28,29). The van der Waals surface area contributed by atoms with Gasteiger partial charge in [-0.05, 0) is 25.2 Å². The molecule has 4 atom stereocenters. The van der Waals surface area contributed by atoms with Gasteiger partial charge in [0.05, 0.1) is 6.04 Å². The van der Waals surface area contributed by atoms with Gasteiger partial charge in [0.15, 0.2) is 0 Å². The first kappa shape index (κ1) is 25.7. The molecule has 0 aromatic heterocycles. The number of hydrogen-bond acceptors (Lipinski definition) is 7. The molecular weight excluding hydrogens is 416 g/mol. The first-order valence-electron chi connectivity index (χ1n) is 9.71. The number of carbonyl (C=O) groups excluding carboxylic acids is 3. The molecule has 1 aliphatic heterocycles. The van der Waals surface area contributed by atoms with Gasteiger partial charge in [-0.25, -0.2) is 4.79 Å². The summed E-state index contributed by atoms with van der Waals surface area (Å²) in [4.78, 5) is 61.3. The summed E-state index contributed by atoms with van der Waals surface area (Å²) in [5.74, 6) is -4.59. The molecule has 0 aromatic carbocycles. The molecule has 1 heterocycles. The van der Waals surface area contributed by atoms with Crippen molar-refractivity contribution in [3.05, 3.63) is 0 Å². The smallest absolute Gasteiger partial charge is 0.327 e. The summed E-state index contributed by atoms with van der Waals surface area (Å²) in [6.07, 6.45) is 0.311. The second-order valence-corrected chi connectivity index (χ2v) is 7.90. The highest BCUT2D eigenvalue weighted by Crippen LogP contribution is 2.20. The predicted octanol–water partition coefficient (Wildman–Crippen LogP) is -1.19. The van der Waals surface area contributed by atoms with E-state index in [1.165, 1.54) is 4.90 Å². The van der Waals surface area contributed by atoms with Crippen LogP contribution in [0.4, 0.5) is 0 Å². The number of hydrogen-bond donors (Lipinski definition) is 6. The number of likely N-dealkylation sites (tertiary alicyclic amines) is 1. The first-order valence-corrected chi connectivity index (χ1v) is 10.3. The maximum Gasteiger partial charge on any atom is 0.327 e. The minimum absolute atomic E-state index is 0.120. The van der Waals surface area contributed by atoms with Crippen molar-refractivity contribution in [1.82, 2.24) is 15.5 Å². The Labute approximate surface area is 180 Å². The molecule has 3 amide bonds. The Morgan fingerprint density at radius 1 is 1.13 bits per heavy atom. The topological polar surface area (TPSA) is 179 Å². The average molecular weight is 447 g/mol. The number of carbonyl (C=O) groups is 5. The van der Waals surface area contributed by atoms with Crippen molar-refractivity contribution in [2.45, 2.75) is 63.7 Å². The summed E-state index contributed by atoms with van der Waals surface area (Å²) < 4.78 is 0. The number of nitrogens with two attached hydrogens (primary N) is 1. The second kappa shape index (κ2) is 11.7. The van der Waals surface area contributed by atoms with Crippen molar-refractivity contribution < 1.29 is 34.2 Å². The summed E-state index contributed by atoms with van der Waals surface area (Å²) in [5, 5.41) is 22.7. The van der Waals surface area contributed by atoms with E-state index in [1.54, 1.807) is 13.8 Å². The highest BCUT2D eigenvalue weighted by atomic mass is 32.1. The van der Waals surface area contributed by atoms with Gasteiger partial charge in [-0.15, -0.1) is 0 Å². The van der Waals surface area contributed by atoms with Gasteiger partial charge in [0.2, 0.25) is 17.7 Å². The Bertz CT molecular complexity index is 673. The molecule has 0 saturated carbocycles. The maximum absolute atomic E-state index is 12.8. The van der Waals surface area contributed by atoms with Gasteiger partial charge in [-0.2, -0.15) is 12.6 Å². The van der Waals surface area contributed by atoms with E-state index in [0.717, 1.165) is 0 Å². The van der Waals surface area contributed by atoms with Crippen molar-refractivity contribution in [3.63, 3.8) is 0 Å². The first-order chi connectivity index (χ1) is 14.0. The Hall–Kier alpha value is -2.34. The third-order valence-electron chi connectivity index (χ3n) is 4.92. The Morgan fingerprint density at radius 3 is 2.27 bits per heavy atom. The number of amides is 3. The van der Waals surface area contributed by atoms with Gasteiger partial charge in [-0.1, -0.05) is 13.8 Å². The molecule has 12 heteroatoms. The summed E-state index contributed by atoms with van der Waals surface area (Å²) in [5.41, 5.74) is 5.92. The normalized spacial score (nSPS) is 19.1. The lowest BCUT2D eigenvalue weighted by atomic mass is 10.0. The molecule has 170 valence electrons. The van der Waals surface area contributed by atoms with Crippen LogP contribution in [0.25, 0.3) is 0 Å². The van der Waals surface area contributed by atoms with Gasteiger partial charge in [0.25, 0.3) is 0 Å². The monoisotopic (exact) mass is 446 g/mol. The Kier molecular flexibility index (Phi) is 10.1. The molecule has 30 heavy (non-hydrogen) atoms. The molecule has 0 aromatic rings. The molecular formula is C18H30N4O7S. The van der Waals surface area contributed by atoms with Crippen molar-refractivity contribution in [2.24, 2.45) is 11.7 Å². The van der Waals surface area contributed by atoms with Crippen LogP contribution in [0, 0.1) is 5.92 Å². The molecule has 0 radical (unpaired) electrons. The molecule has 0 aliphatic carbocycles. The minimum Gasteiger partial charge on any atom is -0.481 e. The number of carboxylic acid groups (broad SMARTS) is 2. The molecule has 0 bridgehead atoms. The number of carboxylic acids is 2. The second-order valence-electron chi connectivity index (χ2n) is 7.54. The number of nitrogens with one attached hydrogen (secondary N) is 2. The van der Waals surface area contributed by atoms with Crippen LogP contribution in [0.1, 0.15) is 39.5 Å². The van der Waals surface area contributed by atoms with Gasteiger partial charge in [-0.3, -0.25) is 19.2 Å². The van der Waals surface area contributed by atoms with Crippen LogP contribution in [-0.4, -0.2) is 81.2 Å². The molecule has 1 rings (SSSR count). The Balaban J connectivity index is 2.92. The van der Waals surface area contributed by atoms with Crippen LogP contribution >= 0.6 is 12.6 Å². The molecule has 6 N–H and O–H groups in total. The van der Waals surface area contributed by atoms with E-state index in [9.17, 15) is 24.0 Å². The van der Waals surface area contributed by atoms with Crippen LogP contribution in [0.3, 0.4) is 0 Å². The van der Waals surface area contributed by atoms with Crippen LogP contribution < -0.4 is 16.4 Å². The van der Waals surface area contributed by atoms with E-state index in [1.807, 2.05) is 0 Å². The molecule has 1 saturated heterocycles. The van der Waals surface area contributed by atoms with E-state index < -0.39 is 54.3 Å². The Morgan fingerprint density at radius 2 is 1.77 bits per heavy atom. The fourth-order valence-electron chi connectivity index (χ4n) is 3.04. The minimum atomic E-state index is -1.31. The van der Waals surface area contributed by atoms with E-state index >= 15 is 0 Å². The molecule has 1 fully saturated rings. The fourth-order valence-corrected chi connectivity index (χ4v) is 3.29. The lowest BCUT2D eigenvalue weighted by molar-refractivity contribution is -0.143. The van der Waals surface area contributed by atoms with Crippen LogP contribution in [-0.2, 0) is 24.0 Å². The van der Waals surface area contributed by atoms with Gasteiger partial charge in [0, 0.05) is 18.7 Å². The van der Waals surface area contributed by atoms with E-state index in [4.69, 9.17) is 15.9 Å². The molecule has 11 nitrogen and oxygen atoms in total. The lowest BCUT2D eigenvalue weighted by Crippen LogP contribution is -2.57.